The Morgan fingerprint density at radius 2 is 2.09 bits per heavy atom. The quantitative estimate of drug-likeness (QED) is 0.888. The molecule has 22 heavy (non-hydrogen) atoms. The molecule has 3 rings (SSSR count). The van der Waals surface area contributed by atoms with Crippen LogP contribution in [0, 0.1) is 6.92 Å². The van der Waals surface area contributed by atoms with Gasteiger partial charge in [-0.05, 0) is 25.5 Å². The number of aryl methyl sites for hydroxylation is 2. The van der Waals surface area contributed by atoms with Crippen molar-refractivity contribution in [1.82, 2.24) is 20.1 Å². The van der Waals surface area contributed by atoms with Crippen LogP contribution >= 0.6 is 0 Å². The minimum absolute atomic E-state index is 0.108. The second kappa shape index (κ2) is 6.18. The molecule has 0 radical (unpaired) electrons. The summed E-state index contributed by atoms with van der Waals surface area (Å²) < 4.78 is 26.3. The van der Waals surface area contributed by atoms with Crippen molar-refractivity contribution in [2.24, 2.45) is 0 Å². The van der Waals surface area contributed by atoms with Gasteiger partial charge in [0.25, 0.3) is 0 Å². The number of benzene rings is 1. The fourth-order valence-electron chi connectivity index (χ4n) is 2.74. The SMILES string of the molecule is Cc1nc2n(n1)CC(NCCS(=O)(=O)c1ccccc1)CC2. The maximum absolute atomic E-state index is 12.2. The molecule has 1 N–H and O–H groups in total. The number of hydrogen-bond donors (Lipinski definition) is 1. The maximum Gasteiger partial charge on any atom is 0.179 e. The second-order valence-corrected chi connectivity index (χ2v) is 7.69. The molecule has 7 heteroatoms. The third-order valence-corrected chi connectivity index (χ3v) is 5.60. The summed E-state index contributed by atoms with van der Waals surface area (Å²) in [4.78, 5) is 4.76. The zero-order valence-corrected chi connectivity index (χ0v) is 13.4. The van der Waals surface area contributed by atoms with Crippen LogP contribution in [-0.4, -0.2) is 41.5 Å². The molecule has 1 aliphatic heterocycles. The first-order valence-corrected chi connectivity index (χ1v) is 9.11. The monoisotopic (exact) mass is 320 g/mol. The van der Waals surface area contributed by atoms with E-state index >= 15 is 0 Å². The fraction of sp³-hybridized carbons (Fsp3) is 0.467. The van der Waals surface area contributed by atoms with Gasteiger partial charge in [-0.25, -0.2) is 18.1 Å². The van der Waals surface area contributed by atoms with Crippen molar-refractivity contribution in [1.29, 1.82) is 0 Å². The number of sulfone groups is 1. The van der Waals surface area contributed by atoms with Crippen molar-refractivity contribution in [3.8, 4) is 0 Å². The van der Waals surface area contributed by atoms with Crippen LogP contribution in [0.5, 0.6) is 0 Å². The molecular formula is C15H20N4O2S. The lowest BCUT2D eigenvalue weighted by Crippen LogP contribution is -2.40. The Bertz CT molecular complexity index is 740. The van der Waals surface area contributed by atoms with Crippen LogP contribution in [0.3, 0.4) is 0 Å². The summed E-state index contributed by atoms with van der Waals surface area (Å²) in [6, 6.07) is 8.84. The highest BCUT2D eigenvalue weighted by Gasteiger charge is 2.21. The van der Waals surface area contributed by atoms with Gasteiger partial charge in [-0.3, -0.25) is 0 Å². The minimum atomic E-state index is -3.21. The van der Waals surface area contributed by atoms with E-state index in [4.69, 9.17) is 0 Å². The molecule has 0 saturated heterocycles. The molecule has 2 aromatic rings. The molecule has 1 aromatic carbocycles. The summed E-state index contributed by atoms with van der Waals surface area (Å²) in [5.41, 5.74) is 0. The third kappa shape index (κ3) is 3.36. The van der Waals surface area contributed by atoms with E-state index in [-0.39, 0.29) is 11.8 Å². The van der Waals surface area contributed by atoms with E-state index in [2.05, 4.69) is 15.4 Å². The van der Waals surface area contributed by atoms with Gasteiger partial charge < -0.3 is 5.32 Å². The Morgan fingerprint density at radius 1 is 1.32 bits per heavy atom. The smallest absolute Gasteiger partial charge is 0.179 e. The summed E-state index contributed by atoms with van der Waals surface area (Å²) in [6.45, 7) is 3.09. The number of fused-ring (bicyclic) bond motifs is 1. The lowest BCUT2D eigenvalue weighted by Gasteiger charge is -2.23. The summed E-state index contributed by atoms with van der Waals surface area (Å²) >= 11 is 0. The van der Waals surface area contributed by atoms with Crippen LogP contribution in [-0.2, 0) is 22.8 Å². The molecule has 1 unspecified atom stereocenters. The topological polar surface area (TPSA) is 76.9 Å². The first kappa shape index (κ1) is 15.2. The normalized spacial score (nSPS) is 18.1. The molecule has 1 aliphatic rings. The Labute approximate surface area is 130 Å². The third-order valence-electron chi connectivity index (χ3n) is 3.87. The standard InChI is InChI=1S/C15H20N4O2S/c1-12-17-15-8-7-13(11-19(15)18-12)16-9-10-22(20,21)14-5-3-2-4-6-14/h2-6,13,16H,7-11H2,1H3. The van der Waals surface area contributed by atoms with Gasteiger partial charge >= 0.3 is 0 Å². The number of aromatic nitrogens is 3. The van der Waals surface area contributed by atoms with E-state index in [0.717, 1.165) is 31.0 Å². The number of nitrogens with zero attached hydrogens (tertiary/aromatic N) is 3. The van der Waals surface area contributed by atoms with Crippen molar-refractivity contribution >= 4 is 9.84 Å². The van der Waals surface area contributed by atoms with Gasteiger partial charge in [0, 0.05) is 19.0 Å². The second-order valence-electron chi connectivity index (χ2n) is 5.58. The molecular weight excluding hydrogens is 300 g/mol. The van der Waals surface area contributed by atoms with E-state index in [1.807, 2.05) is 17.7 Å². The zero-order chi connectivity index (χ0) is 15.6. The molecule has 1 aromatic heterocycles. The highest BCUT2D eigenvalue weighted by atomic mass is 32.2. The average Bonchev–Trinajstić information content (AvgIpc) is 2.87. The Balaban J connectivity index is 1.54. The van der Waals surface area contributed by atoms with Crippen LogP contribution in [0.15, 0.2) is 35.2 Å². The van der Waals surface area contributed by atoms with Crippen molar-refractivity contribution in [2.75, 3.05) is 12.3 Å². The minimum Gasteiger partial charge on any atom is -0.311 e. The number of hydrogen-bond acceptors (Lipinski definition) is 5. The van der Waals surface area contributed by atoms with Crippen LogP contribution in [0.2, 0.25) is 0 Å². The van der Waals surface area contributed by atoms with Crippen LogP contribution in [0.25, 0.3) is 0 Å². The highest BCUT2D eigenvalue weighted by molar-refractivity contribution is 7.91. The summed E-state index contributed by atoms with van der Waals surface area (Å²) in [7, 11) is -3.21. The van der Waals surface area contributed by atoms with E-state index in [9.17, 15) is 8.42 Å². The van der Waals surface area contributed by atoms with Gasteiger partial charge in [-0.1, -0.05) is 18.2 Å². The molecule has 118 valence electrons. The van der Waals surface area contributed by atoms with Gasteiger partial charge in [-0.2, -0.15) is 5.10 Å². The highest BCUT2D eigenvalue weighted by Crippen LogP contribution is 2.13. The van der Waals surface area contributed by atoms with Gasteiger partial charge in [-0.15, -0.1) is 0 Å². The van der Waals surface area contributed by atoms with Gasteiger partial charge in [0.15, 0.2) is 9.84 Å². The molecule has 0 aliphatic carbocycles. The van der Waals surface area contributed by atoms with Gasteiger partial charge in [0.05, 0.1) is 17.2 Å². The molecule has 0 bridgehead atoms. The van der Waals surface area contributed by atoms with Crippen LogP contribution in [0.1, 0.15) is 18.1 Å². The van der Waals surface area contributed by atoms with Crippen LogP contribution < -0.4 is 5.32 Å². The predicted molar refractivity (Wildman–Crippen MR) is 83.4 cm³/mol. The summed E-state index contributed by atoms with van der Waals surface area (Å²) in [5.74, 6) is 1.92. The number of rotatable bonds is 5. The predicted octanol–water partition coefficient (Wildman–Crippen LogP) is 0.965. The fourth-order valence-corrected chi connectivity index (χ4v) is 3.94. The van der Waals surface area contributed by atoms with Gasteiger partial charge in [0.1, 0.15) is 11.6 Å². The zero-order valence-electron chi connectivity index (χ0n) is 12.6. The Hall–Kier alpha value is -1.73. The lowest BCUT2D eigenvalue weighted by molar-refractivity contribution is 0.365. The lowest BCUT2D eigenvalue weighted by atomic mass is 10.1. The van der Waals surface area contributed by atoms with E-state index in [0.29, 0.717) is 11.4 Å². The van der Waals surface area contributed by atoms with E-state index < -0.39 is 9.84 Å². The molecule has 2 heterocycles. The number of nitrogens with one attached hydrogen (secondary N) is 1. The molecule has 0 fully saturated rings. The first-order valence-electron chi connectivity index (χ1n) is 7.46. The van der Waals surface area contributed by atoms with Crippen LogP contribution in [0.4, 0.5) is 0 Å². The summed E-state index contributed by atoms with van der Waals surface area (Å²) in [6.07, 6.45) is 1.84. The first-order chi connectivity index (χ1) is 10.5. The van der Waals surface area contributed by atoms with E-state index in [1.54, 1.807) is 24.3 Å². The van der Waals surface area contributed by atoms with Crippen molar-refractivity contribution < 1.29 is 8.42 Å². The molecule has 0 spiro atoms. The molecule has 0 amide bonds. The summed E-state index contributed by atoms with van der Waals surface area (Å²) in [5, 5.41) is 7.68. The Morgan fingerprint density at radius 3 is 2.86 bits per heavy atom. The van der Waals surface area contributed by atoms with E-state index in [1.165, 1.54) is 0 Å². The Kier molecular flexibility index (Phi) is 4.26. The van der Waals surface area contributed by atoms with Gasteiger partial charge in [0.2, 0.25) is 0 Å². The largest absolute Gasteiger partial charge is 0.311 e. The molecule has 6 nitrogen and oxygen atoms in total. The van der Waals surface area contributed by atoms with Crippen molar-refractivity contribution in [2.45, 2.75) is 37.2 Å². The molecule has 0 saturated carbocycles. The average molecular weight is 320 g/mol. The van der Waals surface area contributed by atoms with Crippen molar-refractivity contribution in [3.05, 3.63) is 42.0 Å². The molecule has 1 atom stereocenters. The van der Waals surface area contributed by atoms with Crippen molar-refractivity contribution in [3.63, 3.8) is 0 Å². The maximum atomic E-state index is 12.2.